The Kier molecular flexibility index (Phi) is 7.48. The maximum absolute atomic E-state index is 5.26. The molecule has 0 spiro atoms. The van der Waals surface area contributed by atoms with Crippen molar-refractivity contribution in [2.45, 2.75) is 57.8 Å². The van der Waals surface area contributed by atoms with Crippen LogP contribution in [-0.4, -0.2) is 23.3 Å². The van der Waals surface area contributed by atoms with E-state index in [2.05, 4.69) is 202 Å². The summed E-state index contributed by atoms with van der Waals surface area (Å²) in [6, 6.07) is 54.6. The van der Waals surface area contributed by atoms with Crippen LogP contribution in [0.25, 0.3) is 38.6 Å². The average Bonchev–Trinajstić information content (AvgIpc) is 3.82. The number of anilines is 3. The molecule has 276 valence electrons. The molecule has 0 radical (unpaired) electrons. The van der Waals surface area contributed by atoms with Crippen molar-refractivity contribution in [1.82, 2.24) is 9.55 Å². The molecule has 6 aromatic carbocycles. The molecule has 0 saturated heterocycles. The quantitative estimate of drug-likeness (QED) is 0.180. The predicted octanol–water partition coefficient (Wildman–Crippen LogP) is 12.7. The van der Waals surface area contributed by atoms with Gasteiger partial charge in [-0.1, -0.05) is 133 Å². The number of pyridine rings is 1. The molecule has 1 aliphatic carbocycles. The zero-order chi connectivity index (χ0) is 38.6. The van der Waals surface area contributed by atoms with Gasteiger partial charge in [-0.15, -0.1) is 0 Å². The van der Waals surface area contributed by atoms with E-state index in [1.54, 1.807) is 0 Å². The normalized spacial score (nSPS) is 14.7. The van der Waals surface area contributed by atoms with E-state index in [-0.39, 0.29) is 10.8 Å². The minimum Gasteiger partial charge on any atom is -0.355 e. The Morgan fingerprint density at radius 1 is 0.536 bits per heavy atom. The van der Waals surface area contributed by atoms with Gasteiger partial charge in [0.2, 0.25) is 0 Å². The highest BCUT2D eigenvalue weighted by molar-refractivity contribution is 6.10. The van der Waals surface area contributed by atoms with Gasteiger partial charge in [-0.2, -0.15) is 0 Å². The minimum absolute atomic E-state index is 0.0255. The number of benzene rings is 6. The van der Waals surface area contributed by atoms with Crippen LogP contribution in [0.3, 0.4) is 0 Å². The number of nitrogens with zero attached hydrogens (tertiary/aromatic N) is 4. The molecular weight excluding hydrogens is 681 g/mol. The SMILES string of the molecule is CN1CN(c2cccc(-n3c4ccccc4c4ccc(C5(c6ccccn6)c6cc(C(C)(C)C)ccc6-c6ccc(C(C)(C)C)cc65)cc43)c2)c2ccccc21. The summed E-state index contributed by atoms with van der Waals surface area (Å²) in [7, 11) is 2.17. The van der Waals surface area contributed by atoms with Crippen LogP contribution in [0, 0.1) is 0 Å². The van der Waals surface area contributed by atoms with Gasteiger partial charge in [-0.3, -0.25) is 4.98 Å². The summed E-state index contributed by atoms with van der Waals surface area (Å²) in [5.41, 5.74) is 16.5. The van der Waals surface area contributed by atoms with Crippen molar-refractivity contribution in [2.75, 3.05) is 23.5 Å². The van der Waals surface area contributed by atoms with Crippen molar-refractivity contribution in [3.8, 4) is 16.8 Å². The van der Waals surface area contributed by atoms with E-state index in [1.807, 2.05) is 12.3 Å². The molecule has 8 aromatic rings. The monoisotopic (exact) mass is 728 g/mol. The van der Waals surface area contributed by atoms with Gasteiger partial charge in [0.1, 0.15) is 0 Å². The molecule has 0 amide bonds. The van der Waals surface area contributed by atoms with Crippen LogP contribution in [0.15, 0.2) is 152 Å². The lowest BCUT2D eigenvalue weighted by Gasteiger charge is -2.34. The molecule has 0 saturated carbocycles. The third-order valence-electron chi connectivity index (χ3n) is 12.4. The highest BCUT2D eigenvalue weighted by Gasteiger charge is 2.48. The number of aromatic nitrogens is 2. The number of para-hydroxylation sites is 3. The molecular formula is C52H48N4. The van der Waals surface area contributed by atoms with E-state index < -0.39 is 5.41 Å². The molecule has 10 rings (SSSR count). The van der Waals surface area contributed by atoms with E-state index in [1.165, 1.54) is 77.8 Å². The van der Waals surface area contributed by atoms with Crippen LogP contribution in [0.1, 0.15) is 75.1 Å². The summed E-state index contributed by atoms with van der Waals surface area (Å²) < 4.78 is 2.48. The molecule has 0 N–H and O–H groups in total. The standard InChI is InChI=1S/C52H48N4/c1-50(2,3)34-22-25-39-40-26-23-35(51(4,5)6)30-44(40)52(43(39)29-34,49-21-12-13-28-53-49)36-24-27-42-41-17-8-9-18-45(41)56(48(42)31-36)38-16-14-15-37(32-38)55-33-54(7)46-19-10-11-20-47(46)55/h8-32H,33H2,1-7H3. The highest BCUT2D eigenvalue weighted by atomic mass is 15.4. The van der Waals surface area contributed by atoms with Crippen molar-refractivity contribution in [3.63, 3.8) is 0 Å². The predicted molar refractivity (Wildman–Crippen MR) is 235 cm³/mol. The van der Waals surface area contributed by atoms with Crippen molar-refractivity contribution < 1.29 is 0 Å². The Hall–Kier alpha value is -6.13. The zero-order valence-corrected chi connectivity index (χ0v) is 33.4. The van der Waals surface area contributed by atoms with Crippen molar-refractivity contribution in [3.05, 3.63) is 185 Å². The molecule has 0 atom stereocenters. The van der Waals surface area contributed by atoms with Crippen molar-refractivity contribution in [2.24, 2.45) is 0 Å². The Labute approximate surface area is 330 Å². The second kappa shape index (κ2) is 12.2. The Morgan fingerprint density at radius 3 is 1.84 bits per heavy atom. The van der Waals surface area contributed by atoms with Gasteiger partial charge in [-0.25, -0.2) is 0 Å². The van der Waals surface area contributed by atoms with Crippen LogP contribution in [0.4, 0.5) is 17.1 Å². The van der Waals surface area contributed by atoms with Gasteiger partial charge in [0.15, 0.2) is 0 Å². The fourth-order valence-electron chi connectivity index (χ4n) is 9.46. The summed E-state index contributed by atoms with van der Waals surface area (Å²) in [5.74, 6) is 0. The highest BCUT2D eigenvalue weighted by Crippen LogP contribution is 2.57. The van der Waals surface area contributed by atoms with Gasteiger partial charge in [-0.05, 0) is 104 Å². The average molecular weight is 729 g/mol. The maximum Gasteiger partial charge on any atom is 0.0950 e. The summed E-state index contributed by atoms with van der Waals surface area (Å²) in [6.07, 6.45) is 1.96. The summed E-state index contributed by atoms with van der Waals surface area (Å²) in [6.45, 7) is 14.7. The second-order valence-electron chi connectivity index (χ2n) is 17.8. The molecule has 4 nitrogen and oxygen atoms in total. The minimum atomic E-state index is -0.643. The first-order chi connectivity index (χ1) is 26.9. The first-order valence-electron chi connectivity index (χ1n) is 19.9. The van der Waals surface area contributed by atoms with Crippen LogP contribution >= 0.6 is 0 Å². The molecule has 0 bridgehead atoms. The van der Waals surface area contributed by atoms with E-state index in [0.717, 1.165) is 18.1 Å². The lowest BCUT2D eigenvalue weighted by atomic mass is 9.68. The second-order valence-corrected chi connectivity index (χ2v) is 17.8. The van der Waals surface area contributed by atoms with Crippen LogP contribution in [-0.2, 0) is 16.2 Å². The van der Waals surface area contributed by atoms with Gasteiger partial charge >= 0.3 is 0 Å². The third kappa shape index (κ3) is 5.01. The molecule has 56 heavy (non-hydrogen) atoms. The largest absolute Gasteiger partial charge is 0.355 e. The Morgan fingerprint density at radius 2 is 1.16 bits per heavy atom. The smallest absolute Gasteiger partial charge is 0.0950 e. The zero-order valence-electron chi connectivity index (χ0n) is 33.4. The molecule has 3 heterocycles. The lowest BCUT2D eigenvalue weighted by Crippen LogP contribution is -2.30. The summed E-state index contributed by atoms with van der Waals surface area (Å²) >= 11 is 0. The molecule has 0 fully saturated rings. The van der Waals surface area contributed by atoms with Gasteiger partial charge in [0.25, 0.3) is 0 Å². The molecule has 0 unspecified atom stereocenters. The van der Waals surface area contributed by atoms with Crippen molar-refractivity contribution in [1.29, 1.82) is 0 Å². The topological polar surface area (TPSA) is 24.3 Å². The van der Waals surface area contributed by atoms with Crippen LogP contribution in [0.5, 0.6) is 0 Å². The number of hydrogen-bond donors (Lipinski definition) is 0. The molecule has 1 aliphatic heterocycles. The lowest BCUT2D eigenvalue weighted by molar-refractivity contribution is 0.585. The number of hydrogen-bond acceptors (Lipinski definition) is 3. The van der Waals surface area contributed by atoms with E-state index >= 15 is 0 Å². The first kappa shape index (κ1) is 34.4. The third-order valence-corrected chi connectivity index (χ3v) is 12.4. The molecule has 2 aromatic heterocycles. The number of rotatable bonds is 4. The van der Waals surface area contributed by atoms with E-state index in [4.69, 9.17) is 4.98 Å². The van der Waals surface area contributed by atoms with Crippen LogP contribution in [0.2, 0.25) is 0 Å². The van der Waals surface area contributed by atoms with Gasteiger partial charge in [0, 0.05) is 35.4 Å². The first-order valence-corrected chi connectivity index (χ1v) is 19.9. The summed E-state index contributed by atoms with van der Waals surface area (Å²) in [5, 5.41) is 2.48. The van der Waals surface area contributed by atoms with Gasteiger partial charge < -0.3 is 14.4 Å². The van der Waals surface area contributed by atoms with E-state index in [0.29, 0.717) is 0 Å². The fraction of sp³-hybridized carbons (Fsp3) is 0.212. The Bertz CT molecular complexity index is 2770. The maximum atomic E-state index is 5.26. The Balaban J connectivity index is 1.27. The van der Waals surface area contributed by atoms with Gasteiger partial charge in [0.05, 0.1) is 40.2 Å². The summed E-state index contributed by atoms with van der Waals surface area (Å²) in [4.78, 5) is 9.99. The number of fused-ring (bicyclic) bond motifs is 7. The molecule has 2 aliphatic rings. The van der Waals surface area contributed by atoms with E-state index in [9.17, 15) is 0 Å². The fourth-order valence-corrected chi connectivity index (χ4v) is 9.46. The molecule has 4 heteroatoms. The van der Waals surface area contributed by atoms with Crippen molar-refractivity contribution >= 4 is 38.9 Å². The van der Waals surface area contributed by atoms with Crippen LogP contribution < -0.4 is 9.80 Å².